The van der Waals surface area contributed by atoms with Crippen molar-refractivity contribution in [3.8, 4) is 0 Å². The topological polar surface area (TPSA) is 42.0 Å². The summed E-state index contributed by atoms with van der Waals surface area (Å²) in [7, 11) is 0. The molecule has 3 nitrogen and oxygen atoms in total. The Bertz CT molecular complexity index is 1040. The highest BCUT2D eigenvalue weighted by molar-refractivity contribution is 8.00. The average molecular weight is 379 g/mol. The standard InChI is InChI=1S/C21H15ClN2OS/c22-14-9-11-15(12-10-14)23-20(25)13-26-21-16-5-1-3-7-18(16)24-19-8-4-2-6-17(19)21/h1-12H,13H2,(H,23,25). The number of carbonyl (C=O) groups is 1. The molecule has 0 saturated heterocycles. The van der Waals surface area contributed by atoms with Crippen LogP contribution in [0.2, 0.25) is 5.02 Å². The molecule has 3 aromatic carbocycles. The molecule has 1 N–H and O–H groups in total. The predicted molar refractivity (Wildman–Crippen MR) is 110 cm³/mol. The summed E-state index contributed by atoms with van der Waals surface area (Å²) in [5, 5.41) is 5.68. The molecule has 0 aliphatic rings. The third kappa shape index (κ3) is 3.52. The number of pyridine rings is 1. The summed E-state index contributed by atoms with van der Waals surface area (Å²) in [6.07, 6.45) is 0. The number of benzene rings is 3. The van der Waals surface area contributed by atoms with Crippen LogP contribution in [0.15, 0.2) is 77.7 Å². The molecule has 0 saturated carbocycles. The molecule has 0 atom stereocenters. The van der Waals surface area contributed by atoms with Crippen molar-refractivity contribution in [1.29, 1.82) is 0 Å². The van der Waals surface area contributed by atoms with Crippen LogP contribution in [0.4, 0.5) is 5.69 Å². The highest BCUT2D eigenvalue weighted by Crippen LogP contribution is 2.34. The van der Waals surface area contributed by atoms with Crippen LogP contribution in [-0.2, 0) is 4.79 Å². The van der Waals surface area contributed by atoms with E-state index in [-0.39, 0.29) is 5.91 Å². The zero-order chi connectivity index (χ0) is 17.9. The van der Waals surface area contributed by atoms with Crippen LogP contribution in [0.5, 0.6) is 0 Å². The highest BCUT2D eigenvalue weighted by Gasteiger charge is 2.11. The molecule has 1 amide bonds. The molecular formula is C21H15ClN2OS. The molecule has 0 aliphatic heterocycles. The van der Waals surface area contributed by atoms with E-state index in [0.717, 1.165) is 32.4 Å². The third-order valence-electron chi connectivity index (χ3n) is 4.01. The van der Waals surface area contributed by atoms with Crippen molar-refractivity contribution in [2.75, 3.05) is 11.1 Å². The van der Waals surface area contributed by atoms with Crippen LogP contribution in [-0.4, -0.2) is 16.6 Å². The number of thioether (sulfide) groups is 1. The van der Waals surface area contributed by atoms with Gasteiger partial charge in [-0.2, -0.15) is 0 Å². The Kier molecular flexibility index (Phi) is 4.78. The van der Waals surface area contributed by atoms with Crippen LogP contribution in [0.25, 0.3) is 21.8 Å². The van der Waals surface area contributed by atoms with Gasteiger partial charge < -0.3 is 5.32 Å². The minimum Gasteiger partial charge on any atom is -0.325 e. The van der Waals surface area contributed by atoms with E-state index < -0.39 is 0 Å². The fourth-order valence-corrected chi connectivity index (χ4v) is 3.95. The van der Waals surface area contributed by atoms with Crippen molar-refractivity contribution < 1.29 is 4.79 Å². The van der Waals surface area contributed by atoms with Crippen LogP contribution >= 0.6 is 23.4 Å². The number of halogens is 1. The highest BCUT2D eigenvalue weighted by atomic mass is 35.5. The molecule has 0 spiro atoms. The van der Waals surface area contributed by atoms with E-state index >= 15 is 0 Å². The quantitative estimate of drug-likeness (QED) is 0.362. The summed E-state index contributed by atoms with van der Waals surface area (Å²) in [5.41, 5.74) is 2.61. The SMILES string of the molecule is O=C(CSc1c2ccccc2nc2ccccc12)Nc1ccc(Cl)cc1. The second kappa shape index (κ2) is 7.36. The van der Waals surface area contributed by atoms with Crippen molar-refractivity contribution in [2.45, 2.75) is 4.90 Å². The van der Waals surface area contributed by atoms with Crippen LogP contribution in [0.3, 0.4) is 0 Å². The fourth-order valence-electron chi connectivity index (χ4n) is 2.82. The maximum absolute atomic E-state index is 12.4. The van der Waals surface area contributed by atoms with Gasteiger partial charge in [0.25, 0.3) is 0 Å². The van der Waals surface area contributed by atoms with Gasteiger partial charge in [-0.15, -0.1) is 11.8 Å². The minimum absolute atomic E-state index is 0.0534. The summed E-state index contributed by atoms with van der Waals surface area (Å²) >= 11 is 7.41. The van der Waals surface area contributed by atoms with Gasteiger partial charge in [-0.1, -0.05) is 48.0 Å². The van der Waals surface area contributed by atoms with Crippen molar-refractivity contribution in [1.82, 2.24) is 4.98 Å². The Hall–Kier alpha value is -2.56. The van der Waals surface area contributed by atoms with Gasteiger partial charge in [-0.05, 0) is 36.4 Å². The first-order chi connectivity index (χ1) is 12.7. The molecule has 0 radical (unpaired) electrons. The van der Waals surface area contributed by atoms with E-state index in [1.165, 1.54) is 11.8 Å². The number of amides is 1. The number of nitrogens with zero attached hydrogens (tertiary/aromatic N) is 1. The van der Waals surface area contributed by atoms with Crippen molar-refractivity contribution in [3.63, 3.8) is 0 Å². The lowest BCUT2D eigenvalue weighted by Gasteiger charge is -2.11. The van der Waals surface area contributed by atoms with Crippen LogP contribution in [0.1, 0.15) is 0 Å². The average Bonchev–Trinajstić information content (AvgIpc) is 2.67. The monoisotopic (exact) mass is 378 g/mol. The van der Waals surface area contributed by atoms with Gasteiger partial charge in [0, 0.05) is 26.4 Å². The van der Waals surface area contributed by atoms with Crippen LogP contribution in [0, 0.1) is 0 Å². The lowest BCUT2D eigenvalue weighted by molar-refractivity contribution is -0.113. The number of anilines is 1. The molecule has 26 heavy (non-hydrogen) atoms. The first-order valence-electron chi connectivity index (χ1n) is 8.16. The van der Waals surface area contributed by atoms with E-state index in [0.29, 0.717) is 10.8 Å². The van der Waals surface area contributed by atoms with Gasteiger partial charge >= 0.3 is 0 Å². The van der Waals surface area contributed by atoms with Crippen molar-refractivity contribution >= 4 is 56.8 Å². The lowest BCUT2D eigenvalue weighted by atomic mass is 10.1. The molecule has 0 aliphatic carbocycles. The molecule has 4 rings (SSSR count). The van der Waals surface area contributed by atoms with Gasteiger partial charge in [0.05, 0.1) is 16.8 Å². The second-order valence-electron chi connectivity index (χ2n) is 5.82. The zero-order valence-electron chi connectivity index (χ0n) is 13.8. The largest absolute Gasteiger partial charge is 0.325 e. The molecule has 0 unspecified atom stereocenters. The minimum atomic E-state index is -0.0534. The Morgan fingerprint density at radius 2 is 1.46 bits per heavy atom. The summed E-state index contributed by atoms with van der Waals surface area (Å²) < 4.78 is 0. The number of aromatic nitrogens is 1. The molecule has 5 heteroatoms. The van der Waals surface area contributed by atoms with E-state index in [1.54, 1.807) is 24.3 Å². The zero-order valence-corrected chi connectivity index (χ0v) is 15.3. The number of rotatable bonds is 4. The number of para-hydroxylation sites is 2. The molecule has 4 aromatic rings. The first-order valence-corrected chi connectivity index (χ1v) is 9.53. The fraction of sp³-hybridized carbons (Fsp3) is 0.0476. The number of carbonyl (C=O) groups excluding carboxylic acids is 1. The summed E-state index contributed by atoms with van der Waals surface area (Å²) in [6, 6.07) is 23.2. The Morgan fingerprint density at radius 1 is 0.885 bits per heavy atom. The van der Waals surface area contributed by atoms with E-state index in [9.17, 15) is 4.79 Å². The summed E-state index contributed by atoms with van der Waals surface area (Å²) in [5.74, 6) is 0.267. The lowest BCUT2D eigenvalue weighted by Crippen LogP contribution is -2.13. The number of hydrogen-bond donors (Lipinski definition) is 1. The van der Waals surface area contributed by atoms with Gasteiger partial charge in [-0.3, -0.25) is 4.79 Å². The molecule has 128 valence electrons. The number of hydrogen-bond acceptors (Lipinski definition) is 3. The van der Waals surface area contributed by atoms with E-state index in [1.807, 2.05) is 48.5 Å². The predicted octanol–water partition coefficient (Wildman–Crippen LogP) is 5.77. The molecule has 0 bridgehead atoms. The molecular weight excluding hydrogens is 364 g/mol. The smallest absolute Gasteiger partial charge is 0.234 e. The van der Waals surface area contributed by atoms with Gasteiger partial charge in [-0.25, -0.2) is 4.98 Å². The normalized spacial score (nSPS) is 11.0. The summed E-state index contributed by atoms with van der Waals surface area (Å²) in [6.45, 7) is 0. The van der Waals surface area contributed by atoms with Gasteiger partial charge in [0.2, 0.25) is 5.91 Å². The Labute approximate surface area is 160 Å². The van der Waals surface area contributed by atoms with Gasteiger partial charge in [0.1, 0.15) is 0 Å². The molecule has 1 aromatic heterocycles. The maximum atomic E-state index is 12.4. The number of nitrogens with one attached hydrogen (secondary N) is 1. The van der Waals surface area contributed by atoms with E-state index in [2.05, 4.69) is 5.32 Å². The molecule has 1 heterocycles. The third-order valence-corrected chi connectivity index (χ3v) is 5.40. The van der Waals surface area contributed by atoms with Crippen molar-refractivity contribution in [2.24, 2.45) is 0 Å². The van der Waals surface area contributed by atoms with Gasteiger partial charge in [0.15, 0.2) is 0 Å². The molecule has 0 fully saturated rings. The van der Waals surface area contributed by atoms with Crippen molar-refractivity contribution in [3.05, 3.63) is 77.8 Å². The maximum Gasteiger partial charge on any atom is 0.234 e. The van der Waals surface area contributed by atoms with E-state index in [4.69, 9.17) is 16.6 Å². The first kappa shape index (κ1) is 16.9. The Balaban J connectivity index is 1.61. The number of fused-ring (bicyclic) bond motifs is 2. The second-order valence-corrected chi connectivity index (χ2v) is 7.24. The Morgan fingerprint density at radius 3 is 2.08 bits per heavy atom. The van der Waals surface area contributed by atoms with Crippen LogP contribution < -0.4 is 5.32 Å². The summed E-state index contributed by atoms with van der Waals surface area (Å²) in [4.78, 5) is 18.2.